The molecule has 3 nitrogen and oxygen atoms in total. The number of primary amides is 1. The van der Waals surface area contributed by atoms with Gasteiger partial charge in [0, 0.05) is 4.90 Å². The quantitative estimate of drug-likeness (QED) is 0.609. The van der Waals surface area contributed by atoms with Gasteiger partial charge in [0.25, 0.3) is 0 Å². The zero-order chi connectivity index (χ0) is 15.3. The van der Waals surface area contributed by atoms with Crippen LogP contribution < -0.4 is 11.5 Å². The Morgan fingerprint density at radius 3 is 2.57 bits per heavy atom. The second kappa shape index (κ2) is 6.96. The van der Waals surface area contributed by atoms with E-state index < -0.39 is 11.4 Å². The van der Waals surface area contributed by atoms with Crippen molar-refractivity contribution in [2.45, 2.75) is 36.6 Å². The maximum atomic E-state index is 11.1. The van der Waals surface area contributed by atoms with Gasteiger partial charge in [0.05, 0.1) is 5.54 Å². The molecule has 1 atom stereocenters. The Morgan fingerprint density at radius 2 is 1.86 bits per heavy atom. The molecule has 2 aromatic rings. The average Bonchev–Trinajstić information content (AvgIpc) is 2.46. The Labute approximate surface area is 130 Å². The predicted octanol–water partition coefficient (Wildman–Crippen LogP) is 3.30. The third-order valence-electron chi connectivity index (χ3n) is 3.64. The Hall–Kier alpha value is -1.52. The highest BCUT2D eigenvalue weighted by Crippen LogP contribution is 2.25. The molecule has 1 amide bonds. The molecule has 2 rings (SSSR count). The molecule has 0 saturated heterocycles. The normalized spacial score (nSPS) is 14.0. The van der Waals surface area contributed by atoms with Crippen LogP contribution >= 0.6 is 11.8 Å². The first-order chi connectivity index (χ1) is 9.99. The number of amides is 1. The average molecular weight is 302 g/mol. The maximum absolute atomic E-state index is 11.1. The van der Waals surface area contributed by atoms with Gasteiger partial charge in [0.1, 0.15) is 0 Å². The number of fused-ring (bicyclic) bond motifs is 1. The van der Waals surface area contributed by atoms with Gasteiger partial charge in [0.15, 0.2) is 0 Å². The molecule has 0 fully saturated rings. The molecule has 4 heteroatoms. The molecule has 0 aliphatic heterocycles. The minimum absolute atomic E-state index is 0.426. The van der Waals surface area contributed by atoms with E-state index in [0.717, 1.165) is 18.6 Å². The number of hydrogen-bond donors (Lipinski definition) is 2. The highest BCUT2D eigenvalue weighted by Gasteiger charge is 2.24. The lowest BCUT2D eigenvalue weighted by Gasteiger charge is -2.19. The fourth-order valence-corrected chi connectivity index (χ4v) is 3.12. The maximum Gasteiger partial charge on any atom is 0.237 e. The molecule has 0 aliphatic carbocycles. The Kier molecular flexibility index (Phi) is 5.26. The predicted molar refractivity (Wildman–Crippen MR) is 90.3 cm³/mol. The van der Waals surface area contributed by atoms with Gasteiger partial charge < -0.3 is 11.5 Å². The van der Waals surface area contributed by atoms with Crippen molar-refractivity contribution in [2.75, 3.05) is 5.75 Å². The second-order valence-electron chi connectivity index (χ2n) is 5.60. The van der Waals surface area contributed by atoms with Crippen LogP contribution in [0.4, 0.5) is 0 Å². The molecule has 21 heavy (non-hydrogen) atoms. The van der Waals surface area contributed by atoms with Crippen molar-refractivity contribution < 1.29 is 4.79 Å². The van der Waals surface area contributed by atoms with Crippen LogP contribution in [0.15, 0.2) is 47.4 Å². The number of hydrogen-bond acceptors (Lipinski definition) is 3. The SMILES string of the molecule is CC(N)(CCCCSc1ccc2ccccc2c1)C(N)=O. The summed E-state index contributed by atoms with van der Waals surface area (Å²) in [6, 6.07) is 14.9. The van der Waals surface area contributed by atoms with Crippen LogP contribution in [0.3, 0.4) is 0 Å². The molecule has 0 bridgehead atoms. The summed E-state index contributed by atoms with van der Waals surface area (Å²) in [5, 5.41) is 2.54. The Morgan fingerprint density at radius 1 is 1.14 bits per heavy atom. The van der Waals surface area contributed by atoms with Crippen molar-refractivity contribution in [2.24, 2.45) is 11.5 Å². The van der Waals surface area contributed by atoms with Crippen molar-refractivity contribution in [1.29, 1.82) is 0 Å². The lowest BCUT2D eigenvalue weighted by atomic mass is 9.96. The van der Waals surface area contributed by atoms with Crippen molar-refractivity contribution in [3.63, 3.8) is 0 Å². The van der Waals surface area contributed by atoms with Crippen LogP contribution in [-0.4, -0.2) is 17.2 Å². The molecule has 0 radical (unpaired) electrons. The van der Waals surface area contributed by atoms with Gasteiger partial charge in [-0.25, -0.2) is 0 Å². The fraction of sp³-hybridized carbons (Fsp3) is 0.353. The largest absolute Gasteiger partial charge is 0.368 e. The minimum Gasteiger partial charge on any atom is -0.368 e. The number of rotatable bonds is 7. The van der Waals surface area contributed by atoms with Gasteiger partial charge in [-0.05, 0) is 48.4 Å². The molecular formula is C17H22N2OS. The van der Waals surface area contributed by atoms with E-state index in [1.165, 1.54) is 15.7 Å². The van der Waals surface area contributed by atoms with Crippen LogP contribution in [0.25, 0.3) is 10.8 Å². The van der Waals surface area contributed by atoms with Crippen molar-refractivity contribution in [3.8, 4) is 0 Å². The van der Waals surface area contributed by atoms with Crippen molar-refractivity contribution in [3.05, 3.63) is 42.5 Å². The van der Waals surface area contributed by atoms with Crippen LogP contribution in [0.2, 0.25) is 0 Å². The van der Waals surface area contributed by atoms with E-state index in [4.69, 9.17) is 11.5 Å². The molecule has 0 aliphatic rings. The number of thioether (sulfide) groups is 1. The van der Waals surface area contributed by atoms with E-state index in [1.54, 1.807) is 6.92 Å². The molecule has 4 N–H and O–H groups in total. The summed E-state index contributed by atoms with van der Waals surface area (Å²) < 4.78 is 0. The number of nitrogens with two attached hydrogens (primary N) is 2. The first kappa shape index (κ1) is 15.9. The molecule has 2 aromatic carbocycles. The molecule has 112 valence electrons. The highest BCUT2D eigenvalue weighted by atomic mass is 32.2. The Balaban J connectivity index is 1.79. The first-order valence-corrected chi connectivity index (χ1v) is 8.18. The lowest BCUT2D eigenvalue weighted by molar-refractivity contribution is -0.122. The van der Waals surface area contributed by atoms with E-state index in [0.29, 0.717) is 6.42 Å². The fourth-order valence-electron chi connectivity index (χ4n) is 2.16. The van der Waals surface area contributed by atoms with Crippen LogP contribution in [0.1, 0.15) is 26.2 Å². The lowest BCUT2D eigenvalue weighted by Crippen LogP contribution is -2.49. The molecule has 0 spiro atoms. The third-order valence-corrected chi connectivity index (χ3v) is 4.72. The number of unbranched alkanes of at least 4 members (excludes halogenated alkanes) is 1. The monoisotopic (exact) mass is 302 g/mol. The van der Waals surface area contributed by atoms with Gasteiger partial charge in [-0.15, -0.1) is 11.8 Å². The zero-order valence-electron chi connectivity index (χ0n) is 12.3. The summed E-state index contributed by atoms with van der Waals surface area (Å²) in [6.45, 7) is 1.70. The summed E-state index contributed by atoms with van der Waals surface area (Å²) >= 11 is 1.84. The summed E-state index contributed by atoms with van der Waals surface area (Å²) in [7, 11) is 0. The van der Waals surface area contributed by atoms with Gasteiger partial charge in [0.2, 0.25) is 5.91 Å². The molecular weight excluding hydrogens is 280 g/mol. The smallest absolute Gasteiger partial charge is 0.237 e. The van der Waals surface area contributed by atoms with Gasteiger partial charge in [-0.3, -0.25) is 4.79 Å². The van der Waals surface area contributed by atoms with E-state index in [1.807, 2.05) is 11.8 Å². The summed E-state index contributed by atoms with van der Waals surface area (Å²) in [4.78, 5) is 12.4. The van der Waals surface area contributed by atoms with E-state index in [-0.39, 0.29) is 0 Å². The topological polar surface area (TPSA) is 69.1 Å². The van der Waals surface area contributed by atoms with Crippen LogP contribution in [0, 0.1) is 0 Å². The van der Waals surface area contributed by atoms with Gasteiger partial charge in [-0.1, -0.05) is 36.8 Å². The van der Waals surface area contributed by atoms with E-state index in [9.17, 15) is 4.79 Å². The number of carbonyl (C=O) groups excluding carboxylic acids is 1. The number of benzene rings is 2. The summed E-state index contributed by atoms with van der Waals surface area (Å²) in [6.07, 6.45) is 2.58. The Bertz CT molecular complexity index is 625. The van der Waals surface area contributed by atoms with Crippen LogP contribution in [0.5, 0.6) is 0 Å². The highest BCUT2D eigenvalue weighted by molar-refractivity contribution is 7.99. The van der Waals surface area contributed by atoms with Gasteiger partial charge >= 0.3 is 0 Å². The van der Waals surface area contributed by atoms with Crippen molar-refractivity contribution in [1.82, 2.24) is 0 Å². The third kappa shape index (κ3) is 4.48. The van der Waals surface area contributed by atoms with E-state index in [2.05, 4.69) is 42.5 Å². The number of carbonyl (C=O) groups is 1. The summed E-state index contributed by atoms with van der Waals surface area (Å²) in [5.41, 5.74) is 10.2. The zero-order valence-corrected chi connectivity index (χ0v) is 13.2. The standard InChI is InChI=1S/C17H22N2OS/c1-17(19,16(18)20)10-4-5-11-21-15-9-8-13-6-2-3-7-14(13)12-15/h2-3,6-9,12H,4-5,10-11,19H2,1H3,(H2,18,20). The minimum atomic E-state index is -0.881. The summed E-state index contributed by atoms with van der Waals surface area (Å²) in [5.74, 6) is 0.595. The molecule has 1 unspecified atom stereocenters. The molecule has 0 heterocycles. The van der Waals surface area contributed by atoms with Crippen molar-refractivity contribution >= 4 is 28.4 Å². The van der Waals surface area contributed by atoms with E-state index >= 15 is 0 Å². The first-order valence-electron chi connectivity index (χ1n) is 7.19. The van der Waals surface area contributed by atoms with Crippen LogP contribution in [-0.2, 0) is 4.79 Å². The molecule has 0 saturated carbocycles. The second-order valence-corrected chi connectivity index (χ2v) is 6.76. The van der Waals surface area contributed by atoms with Gasteiger partial charge in [-0.2, -0.15) is 0 Å². The molecule has 0 aromatic heterocycles.